The fourth-order valence-electron chi connectivity index (χ4n) is 11.4. The number of anilines is 6. The molecule has 0 radical (unpaired) electrons. The Kier molecular flexibility index (Phi) is 7.57. The van der Waals surface area contributed by atoms with Crippen LogP contribution in [0.2, 0.25) is 0 Å². The Bertz CT molecular complexity index is 3860. The van der Waals surface area contributed by atoms with E-state index in [9.17, 15) is 0 Å². The van der Waals surface area contributed by atoms with Crippen molar-refractivity contribution in [1.82, 2.24) is 0 Å². The maximum Gasteiger partial charge on any atom is 0.137 e. The first-order valence-electron chi connectivity index (χ1n) is 22.3. The summed E-state index contributed by atoms with van der Waals surface area (Å²) in [5.74, 6) is 0. The molecule has 304 valence electrons. The molecule has 2 heterocycles. The molecule has 12 aromatic rings. The fraction of sp³-hybridized carbons (Fsp3) is 0.0164. The number of furan rings is 2. The number of hydrogen-bond acceptors (Lipinski definition) is 4. The summed E-state index contributed by atoms with van der Waals surface area (Å²) in [5, 5.41) is 4.37. The van der Waals surface area contributed by atoms with E-state index in [0.717, 1.165) is 78.0 Å². The lowest BCUT2D eigenvalue weighted by Crippen LogP contribution is -2.26. The lowest BCUT2D eigenvalue weighted by molar-refractivity contribution is 0.668. The molecule has 0 fully saturated rings. The van der Waals surface area contributed by atoms with Crippen LogP contribution >= 0.6 is 0 Å². The van der Waals surface area contributed by atoms with Crippen LogP contribution < -0.4 is 9.80 Å². The Hall–Kier alpha value is -8.60. The van der Waals surface area contributed by atoms with E-state index < -0.39 is 5.41 Å². The first-order chi connectivity index (χ1) is 32.3. The van der Waals surface area contributed by atoms with E-state index in [4.69, 9.17) is 8.83 Å². The van der Waals surface area contributed by atoms with Crippen LogP contribution in [-0.4, -0.2) is 0 Å². The van der Waals surface area contributed by atoms with E-state index in [-0.39, 0.29) is 0 Å². The molecule has 0 saturated carbocycles. The van der Waals surface area contributed by atoms with E-state index in [2.05, 4.69) is 228 Å². The number of rotatable bonds is 6. The second-order valence-corrected chi connectivity index (χ2v) is 17.1. The minimum atomic E-state index is -0.614. The average molecular weight is 831 g/mol. The Labute approximate surface area is 375 Å². The van der Waals surface area contributed by atoms with Crippen LogP contribution in [-0.2, 0) is 5.41 Å². The van der Waals surface area contributed by atoms with Crippen LogP contribution in [0.25, 0.3) is 66.1 Å². The van der Waals surface area contributed by atoms with E-state index in [1.807, 2.05) is 12.1 Å². The monoisotopic (exact) mass is 830 g/mol. The number of benzene rings is 10. The Balaban J connectivity index is 1.06. The van der Waals surface area contributed by atoms with E-state index in [0.29, 0.717) is 0 Å². The Morgan fingerprint density at radius 2 is 0.754 bits per heavy atom. The molecular weight excluding hydrogens is 793 g/mol. The summed E-state index contributed by atoms with van der Waals surface area (Å²) in [6.07, 6.45) is 0. The highest BCUT2D eigenvalue weighted by Gasteiger charge is 2.52. The van der Waals surface area contributed by atoms with Crippen molar-refractivity contribution in [2.45, 2.75) is 5.41 Å². The molecule has 2 aliphatic carbocycles. The van der Waals surface area contributed by atoms with Gasteiger partial charge < -0.3 is 18.6 Å². The van der Waals surface area contributed by atoms with Gasteiger partial charge in [0, 0.05) is 33.4 Å². The van der Waals surface area contributed by atoms with Crippen LogP contribution in [0.4, 0.5) is 34.1 Å². The van der Waals surface area contributed by atoms with Crippen molar-refractivity contribution < 1.29 is 8.83 Å². The molecule has 14 rings (SSSR count). The van der Waals surface area contributed by atoms with Crippen molar-refractivity contribution in [2.24, 2.45) is 0 Å². The summed E-state index contributed by atoms with van der Waals surface area (Å²) in [6.45, 7) is 0. The molecule has 0 aliphatic heterocycles. The molecule has 2 aliphatic rings. The molecule has 10 aromatic carbocycles. The first-order valence-corrected chi connectivity index (χ1v) is 22.3. The molecule has 1 spiro atoms. The minimum Gasteiger partial charge on any atom is -0.456 e. The molecule has 0 saturated heterocycles. The number of fused-ring (bicyclic) bond motifs is 16. The van der Waals surface area contributed by atoms with Crippen LogP contribution in [0.5, 0.6) is 0 Å². The smallest absolute Gasteiger partial charge is 0.137 e. The molecular formula is C61H38N2O2. The summed E-state index contributed by atoms with van der Waals surface area (Å²) in [6, 6.07) is 83.3. The van der Waals surface area contributed by atoms with Crippen LogP contribution in [0.3, 0.4) is 0 Å². The third-order valence-electron chi connectivity index (χ3n) is 13.8. The van der Waals surface area contributed by atoms with Gasteiger partial charge in [-0.05, 0) is 118 Å². The minimum absolute atomic E-state index is 0.614. The van der Waals surface area contributed by atoms with E-state index in [1.54, 1.807) is 0 Å². The predicted octanol–water partition coefficient (Wildman–Crippen LogP) is 16.8. The zero-order valence-electron chi connectivity index (χ0n) is 35.2. The lowest BCUT2D eigenvalue weighted by atomic mass is 9.70. The normalized spacial score (nSPS) is 14.5. The fourth-order valence-corrected chi connectivity index (χ4v) is 11.4. The average Bonchev–Trinajstić information content (AvgIpc) is 4.11. The van der Waals surface area contributed by atoms with Gasteiger partial charge in [0.2, 0.25) is 0 Å². The summed E-state index contributed by atoms with van der Waals surface area (Å²) in [5.41, 5.74) is 19.4. The summed E-state index contributed by atoms with van der Waals surface area (Å²) in [7, 11) is 0. The topological polar surface area (TPSA) is 32.8 Å². The second kappa shape index (κ2) is 13.7. The van der Waals surface area contributed by atoms with Crippen molar-refractivity contribution in [2.75, 3.05) is 9.80 Å². The van der Waals surface area contributed by atoms with Gasteiger partial charge in [-0.25, -0.2) is 0 Å². The van der Waals surface area contributed by atoms with Crippen LogP contribution in [0, 0.1) is 0 Å². The highest BCUT2D eigenvalue weighted by atomic mass is 16.3. The molecule has 2 aromatic heterocycles. The molecule has 65 heavy (non-hydrogen) atoms. The summed E-state index contributed by atoms with van der Waals surface area (Å²) < 4.78 is 13.0. The maximum absolute atomic E-state index is 6.52. The summed E-state index contributed by atoms with van der Waals surface area (Å²) >= 11 is 0. The molecule has 0 N–H and O–H groups in total. The molecule has 1 unspecified atom stereocenters. The number of nitrogens with zero attached hydrogens (tertiary/aromatic N) is 2. The molecule has 0 bridgehead atoms. The SMILES string of the molecule is c1ccc(N(c2ccc3c(c2)C2(c4ccccc4-3)c3ccccc3-c3c(N(c4ccccc4)c4cccc5oc6ccccc6c45)cccc32)c2cccc3oc4ccccc4c23)cc1. The first kappa shape index (κ1) is 35.9. The van der Waals surface area contributed by atoms with Gasteiger partial charge in [0.25, 0.3) is 0 Å². The van der Waals surface area contributed by atoms with Crippen LogP contribution in [0.15, 0.2) is 239 Å². The Morgan fingerprint density at radius 3 is 1.42 bits per heavy atom. The van der Waals surface area contributed by atoms with Crippen molar-refractivity contribution >= 4 is 78.0 Å². The summed E-state index contributed by atoms with van der Waals surface area (Å²) in [4.78, 5) is 4.86. The zero-order chi connectivity index (χ0) is 42.6. The molecule has 4 nitrogen and oxygen atoms in total. The van der Waals surface area contributed by atoms with Gasteiger partial charge in [-0.2, -0.15) is 0 Å². The van der Waals surface area contributed by atoms with Crippen molar-refractivity contribution in [1.29, 1.82) is 0 Å². The Morgan fingerprint density at radius 1 is 0.292 bits per heavy atom. The lowest BCUT2D eigenvalue weighted by Gasteiger charge is -2.33. The van der Waals surface area contributed by atoms with Crippen molar-refractivity contribution in [3.63, 3.8) is 0 Å². The van der Waals surface area contributed by atoms with E-state index >= 15 is 0 Å². The third kappa shape index (κ3) is 4.96. The van der Waals surface area contributed by atoms with Gasteiger partial charge in [0.15, 0.2) is 0 Å². The second-order valence-electron chi connectivity index (χ2n) is 17.1. The number of para-hydroxylation sites is 4. The quantitative estimate of drug-likeness (QED) is 0.167. The van der Waals surface area contributed by atoms with Crippen molar-refractivity contribution in [3.8, 4) is 22.3 Å². The predicted molar refractivity (Wildman–Crippen MR) is 267 cm³/mol. The third-order valence-corrected chi connectivity index (χ3v) is 13.8. The largest absolute Gasteiger partial charge is 0.456 e. The molecule has 1 atom stereocenters. The van der Waals surface area contributed by atoms with Crippen molar-refractivity contribution in [3.05, 3.63) is 253 Å². The maximum atomic E-state index is 6.52. The van der Waals surface area contributed by atoms with Gasteiger partial charge >= 0.3 is 0 Å². The van der Waals surface area contributed by atoms with Crippen LogP contribution in [0.1, 0.15) is 22.3 Å². The molecule has 4 heteroatoms. The highest BCUT2D eigenvalue weighted by Crippen LogP contribution is 2.65. The van der Waals surface area contributed by atoms with Gasteiger partial charge in [0.1, 0.15) is 22.3 Å². The standard InChI is InChI=1S/C61H38N2O2/c1-3-18-39(19-4-1)62(52-30-16-34-56-59(52)45-24-9-13-32-54(45)64-56)41-36-37-43-42-22-7-11-26-47(42)61(50(43)38-41)48-27-12-8-23-44(48)58-49(61)28-15-29-51(58)63(40-20-5-2-6-21-40)53-31-17-35-57-60(53)46-25-10-14-33-55(46)65-57/h1-38H. The van der Waals surface area contributed by atoms with Gasteiger partial charge in [-0.15, -0.1) is 0 Å². The van der Waals surface area contributed by atoms with Gasteiger partial charge in [0.05, 0.1) is 33.2 Å². The zero-order valence-corrected chi connectivity index (χ0v) is 35.2. The van der Waals surface area contributed by atoms with Gasteiger partial charge in [-0.1, -0.05) is 152 Å². The molecule has 0 amide bonds. The highest BCUT2D eigenvalue weighted by molar-refractivity contribution is 6.15. The number of hydrogen-bond donors (Lipinski definition) is 0. The van der Waals surface area contributed by atoms with E-state index in [1.165, 1.54) is 44.5 Å². The van der Waals surface area contributed by atoms with Gasteiger partial charge in [-0.3, -0.25) is 0 Å².